The van der Waals surface area contributed by atoms with Gasteiger partial charge in [0.2, 0.25) is 5.91 Å². The number of likely N-dealkylation sites (tertiary alicyclic amines) is 1. The smallest absolute Gasteiger partial charge is 0.419 e. The molecule has 0 radical (unpaired) electrons. The summed E-state index contributed by atoms with van der Waals surface area (Å²) in [5, 5.41) is 9.22. The molecule has 1 fully saturated rings. The Morgan fingerprint density at radius 2 is 1.85 bits per heavy atom. The molecule has 172 valence electrons. The minimum atomic E-state index is -4.79. The van der Waals surface area contributed by atoms with Crippen LogP contribution >= 0.6 is 0 Å². The minimum Gasteiger partial charge on any atom is -0.487 e. The van der Waals surface area contributed by atoms with Gasteiger partial charge in [-0.3, -0.25) is 14.7 Å². The summed E-state index contributed by atoms with van der Waals surface area (Å²) in [7, 11) is 0. The van der Waals surface area contributed by atoms with E-state index in [1.54, 1.807) is 6.07 Å². The number of H-pyrrole nitrogens is 1. The number of halogens is 4. The maximum atomic E-state index is 13.6. The molecule has 4 rings (SSSR count). The Morgan fingerprint density at radius 1 is 1.12 bits per heavy atom. The highest BCUT2D eigenvalue weighted by atomic mass is 19.4. The summed E-state index contributed by atoms with van der Waals surface area (Å²) in [6, 6.07) is 13.1. The number of ether oxygens (including phenoxy) is 1. The summed E-state index contributed by atoms with van der Waals surface area (Å²) in [6.07, 6.45) is -5.27. The van der Waals surface area contributed by atoms with E-state index in [0.29, 0.717) is 17.8 Å². The van der Waals surface area contributed by atoms with Gasteiger partial charge in [0.1, 0.15) is 23.4 Å². The molecular formula is C22H18F4N4O3. The Bertz CT molecular complexity index is 1160. The maximum Gasteiger partial charge on any atom is 0.419 e. The number of hydrogen-bond donors (Lipinski definition) is 2. The molecule has 2 heterocycles. The van der Waals surface area contributed by atoms with Crippen molar-refractivity contribution in [1.29, 1.82) is 0 Å². The number of carbonyl (C=O) groups excluding carboxylic acids is 2. The van der Waals surface area contributed by atoms with Gasteiger partial charge in [0.05, 0.1) is 30.9 Å². The molecule has 2 aromatic carbocycles. The first-order valence-electron chi connectivity index (χ1n) is 9.91. The van der Waals surface area contributed by atoms with E-state index in [9.17, 15) is 27.2 Å². The lowest BCUT2D eigenvalue weighted by molar-refractivity contribution is -0.140. The molecule has 33 heavy (non-hydrogen) atoms. The number of nitrogens with zero attached hydrogens (tertiary/aromatic N) is 2. The molecule has 2 amide bonds. The summed E-state index contributed by atoms with van der Waals surface area (Å²) < 4.78 is 56.9. The van der Waals surface area contributed by atoms with E-state index in [4.69, 9.17) is 4.74 Å². The summed E-state index contributed by atoms with van der Waals surface area (Å²) in [5.74, 6) is -2.33. The van der Waals surface area contributed by atoms with Gasteiger partial charge >= 0.3 is 6.18 Å². The van der Waals surface area contributed by atoms with Crippen LogP contribution in [0.25, 0.3) is 11.3 Å². The number of rotatable bonds is 6. The summed E-state index contributed by atoms with van der Waals surface area (Å²) in [4.78, 5) is 25.9. The predicted octanol–water partition coefficient (Wildman–Crippen LogP) is 3.25. The van der Waals surface area contributed by atoms with Crippen molar-refractivity contribution in [1.82, 2.24) is 20.4 Å². The molecule has 2 N–H and O–H groups in total. The van der Waals surface area contributed by atoms with Crippen LogP contribution in [0, 0.1) is 5.82 Å². The number of aromatic nitrogens is 2. The van der Waals surface area contributed by atoms with Crippen LogP contribution in [0.5, 0.6) is 5.75 Å². The number of alkyl halides is 3. The van der Waals surface area contributed by atoms with Crippen LogP contribution in [0.1, 0.15) is 16.1 Å². The quantitative estimate of drug-likeness (QED) is 0.551. The lowest BCUT2D eigenvalue weighted by Crippen LogP contribution is -2.58. The zero-order valence-corrected chi connectivity index (χ0v) is 17.0. The van der Waals surface area contributed by atoms with Gasteiger partial charge < -0.3 is 15.0 Å². The SMILES string of the molecule is O=C(NCC(=O)N1CC(Oc2ccc(C(F)(F)F)c(F)c2)C1)c1cc(-c2ccccc2)n[nH]1. The van der Waals surface area contributed by atoms with Crippen molar-refractivity contribution in [2.45, 2.75) is 12.3 Å². The molecule has 1 aliphatic rings. The number of carbonyl (C=O) groups is 2. The van der Waals surface area contributed by atoms with E-state index >= 15 is 0 Å². The Balaban J connectivity index is 1.23. The Hall–Kier alpha value is -3.89. The van der Waals surface area contributed by atoms with Crippen LogP contribution < -0.4 is 10.1 Å². The fourth-order valence-corrected chi connectivity index (χ4v) is 3.27. The van der Waals surface area contributed by atoms with E-state index in [1.165, 1.54) is 4.90 Å². The third kappa shape index (κ3) is 5.13. The third-order valence-corrected chi connectivity index (χ3v) is 5.04. The molecule has 11 heteroatoms. The van der Waals surface area contributed by atoms with Crippen molar-refractivity contribution in [3.8, 4) is 17.0 Å². The highest BCUT2D eigenvalue weighted by Crippen LogP contribution is 2.33. The van der Waals surface area contributed by atoms with E-state index in [0.717, 1.165) is 11.6 Å². The molecule has 1 aliphatic heterocycles. The van der Waals surface area contributed by atoms with Crippen molar-refractivity contribution >= 4 is 11.8 Å². The minimum absolute atomic E-state index is 0.0561. The van der Waals surface area contributed by atoms with Crippen molar-refractivity contribution in [2.24, 2.45) is 0 Å². The monoisotopic (exact) mass is 462 g/mol. The first-order valence-corrected chi connectivity index (χ1v) is 9.91. The van der Waals surface area contributed by atoms with Gasteiger partial charge in [-0.05, 0) is 18.2 Å². The van der Waals surface area contributed by atoms with Crippen LogP contribution in [-0.4, -0.2) is 52.6 Å². The normalized spacial score (nSPS) is 14.0. The average molecular weight is 462 g/mol. The molecule has 1 saturated heterocycles. The molecule has 0 saturated carbocycles. The molecule has 0 atom stereocenters. The first kappa shape index (κ1) is 22.3. The van der Waals surface area contributed by atoms with Gasteiger partial charge in [0, 0.05) is 11.6 Å². The standard InChI is InChI=1S/C22H18F4N4O3/c23-17-8-14(6-7-16(17)22(24,25)26)33-15-11-30(12-15)20(31)10-27-21(32)19-9-18(28-29-19)13-4-2-1-3-5-13/h1-9,15H,10-12H2,(H,27,32)(H,28,29). The zero-order chi connectivity index (χ0) is 23.6. The van der Waals surface area contributed by atoms with Gasteiger partial charge in [-0.2, -0.15) is 18.3 Å². The van der Waals surface area contributed by atoms with Crippen molar-refractivity contribution < 1.29 is 31.9 Å². The fraction of sp³-hybridized carbons (Fsp3) is 0.227. The van der Waals surface area contributed by atoms with Crippen LogP contribution in [0.2, 0.25) is 0 Å². The number of aromatic amines is 1. The zero-order valence-electron chi connectivity index (χ0n) is 17.0. The second-order valence-corrected chi connectivity index (χ2v) is 7.39. The summed E-state index contributed by atoms with van der Waals surface area (Å²) in [5.41, 5.74) is 0.262. The van der Waals surface area contributed by atoms with Crippen molar-refractivity contribution in [3.05, 3.63) is 71.7 Å². The number of hydrogen-bond acceptors (Lipinski definition) is 4. The lowest BCUT2D eigenvalue weighted by Gasteiger charge is -2.39. The molecule has 0 aliphatic carbocycles. The maximum absolute atomic E-state index is 13.6. The Kier molecular flexibility index (Phi) is 6.03. The van der Waals surface area contributed by atoms with Crippen LogP contribution in [0.15, 0.2) is 54.6 Å². The fourth-order valence-electron chi connectivity index (χ4n) is 3.27. The molecule has 0 bridgehead atoms. The van der Waals surface area contributed by atoms with Gasteiger partial charge in [-0.1, -0.05) is 30.3 Å². The van der Waals surface area contributed by atoms with Crippen LogP contribution in [0.3, 0.4) is 0 Å². The van der Waals surface area contributed by atoms with Crippen LogP contribution in [-0.2, 0) is 11.0 Å². The van der Waals surface area contributed by atoms with Crippen molar-refractivity contribution in [3.63, 3.8) is 0 Å². The van der Waals surface area contributed by atoms with Crippen LogP contribution in [0.4, 0.5) is 17.6 Å². The topological polar surface area (TPSA) is 87.3 Å². The third-order valence-electron chi connectivity index (χ3n) is 5.04. The number of nitrogens with one attached hydrogen (secondary N) is 2. The molecule has 3 aromatic rings. The van der Waals surface area contributed by atoms with E-state index in [1.807, 2.05) is 30.3 Å². The first-order chi connectivity index (χ1) is 15.7. The molecular weight excluding hydrogens is 444 g/mol. The van der Waals surface area contributed by atoms with Gasteiger partial charge in [0.25, 0.3) is 5.91 Å². The summed E-state index contributed by atoms with van der Waals surface area (Å²) >= 11 is 0. The second kappa shape index (κ2) is 8.93. The molecule has 0 unspecified atom stereocenters. The molecule has 0 spiro atoms. The van der Waals surface area contributed by atoms with Gasteiger partial charge in [0.15, 0.2) is 0 Å². The largest absolute Gasteiger partial charge is 0.487 e. The summed E-state index contributed by atoms with van der Waals surface area (Å²) in [6.45, 7) is 0.0826. The number of benzene rings is 2. The van der Waals surface area contributed by atoms with Gasteiger partial charge in [-0.15, -0.1) is 0 Å². The van der Waals surface area contributed by atoms with E-state index in [2.05, 4.69) is 15.5 Å². The lowest BCUT2D eigenvalue weighted by atomic mass is 10.1. The number of amides is 2. The molecule has 7 nitrogen and oxygen atoms in total. The van der Waals surface area contributed by atoms with Gasteiger partial charge in [-0.25, -0.2) is 4.39 Å². The second-order valence-electron chi connectivity index (χ2n) is 7.39. The Labute approximate surface area is 185 Å². The average Bonchev–Trinajstić information content (AvgIpc) is 3.24. The predicted molar refractivity (Wildman–Crippen MR) is 109 cm³/mol. The van der Waals surface area contributed by atoms with E-state index in [-0.39, 0.29) is 37.0 Å². The highest BCUT2D eigenvalue weighted by molar-refractivity contribution is 5.95. The molecule has 1 aromatic heterocycles. The highest BCUT2D eigenvalue weighted by Gasteiger charge is 2.35. The van der Waals surface area contributed by atoms with Crippen molar-refractivity contribution in [2.75, 3.05) is 19.6 Å². The van der Waals surface area contributed by atoms with E-state index < -0.39 is 29.6 Å². The Morgan fingerprint density at radius 3 is 2.52 bits per heavy atom.